The molecule has 1 heterocycles. The van der Waals surface area contributed by atoms with Gasteiger partial charge in [0.15, 0.2) is 4.32 Å². The van der Waals surface area contributed by atoms with E-state index in [9.17, 15) is 14.7 Å². The molecule has 0 unspecified atom stereocenters. The summed E-state index contributed by atoms with van der Waals surface area (Å²) in [6, 6.07) is 13.2. The van der Waals surface area contributed by atoms with Crippen molar-refractivity contribution in [1.82, 2.24) is 0 Å². The van der Waals surface area contributed by atoms with Crippen molar-refractivity contribution in [3.63, 3.8) is 0 Å². The van der Waals surface area contributed by atoms with Gasteiger partial charge in [0.2, 0.25) is 0 Å². The third-order valence-electron chi connectivity index (χ3n) is 3.68. The fourth-order valence-electron chi connectivity index (χ4n) is 2.43. The number of benzene rings is 2. The molecule has 2 aromatic carbocycles. The number of hydrogen-bond donors (Lipinski definition) is 0. The summed E-state index contributed by atoms with van der Waals surface area (Å²) in [4.78, 5) is 25.6. The van der Waals surface area contributed by atoms with Crippen molar-refractivity contribution >= 4 is 51.9 Å². The molecular formula is C20H14NO4S2-. The predicted octanol–water partition coefficient (Wildman–Crippen LogP) is 3.02. The van der Waals surface area contributed by atoms with Crippen molar-refractivity contribution in [2.45, 2.75) is 0 Å². The molecule has 0 aromatic heterocycles. The summed E-state index contributed by atoms with van der Waals surface area (Å²) in [7, 11) is 0. The van der Waals surface area contributed by atoms with Crippen LogP contribution < -0.4 is 14.7 Å². The molecule has 3 rings (SSSR count). The van der Waals surface area contributed by atoms with E-state index in [4.69, 9.17) is 17.0 Å². The Morgan fingerprint density at radius 1 is 1.26 bits per heavy atom. The number of aromatic carboxylic acids is 1. The highest BCUT2D eigenvalue weighted by Crippen LogP contribution is 2.36. The van der Waals surface area contributed by atoms with Gasteiger partial charge in [-0.2, -0.15) is 0 Å². The molecule has 7 heteroatoms. The molecule has 5 nitrogen and oxygen atoms in total. The fourth-order valence-corrected chi connectivity index (χ4v) is 3.73. The molecule has 0 bridgehead atoms. The summed E-state index contributed by atoms with van der Waals surface area (Å²) >= 11 is 6.47. The number of carboxylic acids is 1. The number of carbonyl (C=O) groups is 2. The first-order valence-electron chi connectivity index (χ1n) is 7.92. The van der Waals surface area contributed by atoms with Gasteiger partial charge >= 0.3 is 0 Å². The minimum absolute atomic E-state index is 0.0133. The zero-order valence-electron chi connectivity index (χ0n) is 14.1. The first kappa shape index (κ1) is 18.9. The van der Waals surface area contributed by atoms with Gasteiger partial charge in [0.1, 0.15) is 12.4 Å². The minimum atomic E-state index is -1.31. The van der Waals surface area contributed by atoms with Gasteiger partial charge in [-0.15, -0.1) is 0 Å². The van der Waals surface area contributed by atoms with Gasteiger partial charge in [0, 0.05) is 0 Å². The van der Waals surface area contributed by atoms with Crippen molar-refractivity contribution in [3.8, 4) is 5.75 Å². The molecule has 1 amide bonds. The summed E-state index contributed by atoms with van der Waals surface area (Å²) in [5.41, 5.74) is 1.21. The van der Waals surface area contributed by atoms with Gasteiger partial charge in [0.25, 0.3) is 5.91 Å². The van der Waals surface area contributed by atoms with Crippen molar-refractivity contribution in [3.05, 3.63) is 77.2 Å². The highest BCUT2D eigenvalue weighted by molar-refractivity contribution is 8.27. The highest BCUT2D eigenvalue weighted by Gasteiger charge is 2.33. The van der Waals surface area contributed by atoms with Crippen molar-refractivity contribution < 1.29 is 19.4 Å². The van der Waals surface area contributed by atoms with Crippen LogP contribution in [-0.4, -0.2) is 22.8 Å². The molecule has 0 aliphatic carbocycles. The molecule has 0 spiro atoms. The maximum atomic E-state index is 12.8. The lowest BCUT2D eigenvalue weighted by atomic mass is 10.1. The van der Waals surface area contributed by atoms with E-state index in [0.29, 0.717) is 27.3 Å². The molecular weight excluding hydrogens is 382 g/mol. The summed E-state index contributed by atoms with van der Waals surface area (Å²) in [5, 5.41) is 11.1. The van der Waals surface area contributed by atoms with Crippen LogP contribution in [-0.2, 0) is 4.79 Å². The normalized spacial score (nSPS) is 15.3. The van der Waals surface area contributed by atoms with Gasteiger partial charge in [-0.1, -0.05) is 60.9 Å². The smallest absolute Gasteiger partial charge is 0.270 e. The van der Waals surface area contributed by atoms with E-state index in [-0.39, 0.29) is 11.5 Å². The third-order valence-corrected chi connectivity index (χ3v) is 4.98. The largest absolute Gasteiger partial charge is 0.545 e. The highest BCUT2D eigenvalue weighted by atomic mass is 32.2. The minimum Gasteiger partial charge on any atom is -0.545 e. The van der Waals surface area contributed by atoms with E-state index in [0.717, 1.165) is 5.56 Å². The molecule has 1 aliphatic heterocycles. The number of anilines is 1. The molecule has 1 saturated heterocycles. The van der Waals surface area contributed by atoms with Crippen LogP contribution in [0.3, 0.4) is 0 Å². The van der Waals surface area contributed by atoms with Crippen molar-refractivity contribution in [1.29, 1.82) is 0 Å². The number of ether oxygens (including phenoxy) is 1. The lowest BCUT2D eigenvalue weighted by Gasteiger charge is -2.15. The number of thioether (sulfide) groups is 1. The van der Waals surface area contributed by atoms with Crippen LogP contribution in [0.1, 0.15) is 15.9 Å². The van der Waals surface area contributed by atoms with Gasteiger partial charge < -0.3 is 14.6 Å². The SMILES string of the molecule is C=CCOc1ccc(/C=C2/SC(=S)N(c3cccc(C(=O)[O-])c3)C2=O)cc1. The van der Waals surface area contributed by atoms with Crippen molar-refractivity contribution in [2.75, 3.05) is 11.5 Å². The summed E-state index contributed by atoms with van der Waals surface area (Å²) in [6.45, 7) is 4.02. The first-order valence-corrected chi connectivity index (χ1v) is 9.15. The predicted molar refractivity (Wildman–Crippen MR) is 109 cm³/mol. The van der Waals surface area contributed by atoms with Gasteiger partial charge in [-0.3, -0.25) is 9.69 Å². The van der Waals surface area contributed by atoms with E-state index in [1.165, 1.54) is 28.8 Å². The molecule has 0 radical (unpaired) electrons. The first-order chi connectivity index (χ1) is 13.0. The lowest BCUT2D eigenvalue weighted by Crippen LogP contribution is -2.28. The maximum absolute atomic E-state index is 12.8. The van der Waals surface area contributed by atoms with Crippen LogP contribution in [0.4, 0.5) is 5.69 Å². The second-order valence-electron chi connectivity index (χ2n) is 5.52. The Morgan fingerprint density at radius 2 is 2.00 bits per heavy atom. The zero-order valence-corrected chi connectivity index (χ0v) is 15.7. The summed E-state index contributed by atoms with van der Waals surface area (Å²) in [6.07, 6.45) is 3.40. The Balaban J connectivity index is 1.83. The van der Waals surface area contributed by atoms with Crippen LogP contribution in [0, 0.1) is 0 Å². The Morgan fingerprint density at radius 3 is 2.67 bits per heavy atom. The second kappa shape index (κ2) is 8.20. The second-order valence-corrected chi connectivity index (χ2v) is 7.20. The topological polar surface area (TPSA) is 69.7 Å². The van der Waals surface area contributed by atoms with Crippen LogP contribution in [0.25, 0.3) is 6.08 Å². The van der Waals surface area contributed by atoms with E-state index < -0.39 is 5.97 Å². The van der Waals surface area contributed by atoms with Crippen LogP contribution in [0.2, 0.25) is 0 Å². The van der Waals surface area contributed by atoms with Crippen molar-refractivity contribution in [2.24, 2.45) is 0 Å². The molecule has 27 heavy (non-hydrogen) atoms. The van der Waals surface area contributed by atoms with Crippen LogP contribution in [0.15, 0.2) is 66.1 Å². The van der Waals surface area contributed by atoms with Gasteiger partial charge in [0.05, 0.1) is 16.6 Å². The number of thiocarbonyl (C=S) groups is 1. The number of carbonyl (C=O) groups excluding carboxylic acids is 2. The van der Waals surface area contributed by atoms with E-state index in [1.807, 2.05) is 12.1 Å². The lowest BCUT2D eigenvalue weighted by molar-refractivity contribution is -0.255. The Bertz CT molecular complexity index is 951. The van der Waals surface area contributed by atoms with Crippen LogP contribution in [0.5, 0.6) is 5.75 Å². The average Bonchev–Trinajstić information content (AvgIpc) is 2.94. The summed E-state index contributed by atoms with van der Waals surface area (Å²) < 4.78 is 5.77. The number of rotatable bonds is 6. The monoisotopic (exact) mass is 396 g/mol. The fraction of sp³-hybridized carbons (Fsp3) is 0.0500. The molecule has 0 saturated carbocycles. The molecule has 1 fully saturated rings. The quantitative estimate of drug-likeness (QED) is 0.425. The number of hydrogen-bond acceptors (Lipinski definition) is 6. The average molecular weight is 396 g/mol. The van der Waals surface area contributed by atoms with Crippen LogP contribution >= 0.6 is 24.0 Å². The van der Waals surface area contributed by atoms with E-state index in [2.05, 4.69) is 6.58 Å². The molecule has 0 atom stereocenters. The van der Waals surface area contributed by atoms with Gasteiger partial charge in [-0.05, 0) is 41.5 Å². The van der Waals surface area contributed by atoms with Gasteiger partial charge in [-0.25, -0.2) is 0 Å². The van der Waals surface area contributed by atoms with E-state index >= 15 is 0 Å². The Kier molecular flexibility index (Phi) is 5.73. The zero-order chi connectivity index (χ0) is 19.4. The third kappa shape index (κ3) is 4.27. The molecule has 1 aliphatic rings. The molecule has 0 N–H and O–H groups in total. The molecule has 2 aromatic rings. The number of amides is 1. The Labute approximate surface area is 165 Å². The summed E-state index contributed by atoms with van der Waals surface area (Å²) in [5.74, 6) is -0.900. The van der Waals surface area contributed by atoms with E-state index in [1.54, 1.807) is 36.4 Å². The Hall–Kier alpha value is -2.90. The molecule has 136 valence electrons. The number of nitrogens with zero attached hydrogens (tertiary/aromatic N) is 1. The number of carboxylic acid groups (broad SMARTS) is 1. The standard InChI is InChI=1S/C20H15NO4S2/c1-2-10-25-16-8-6-13(7-9-16)11-17-18(22)21(20(26)27-17)15-5-3-4-14(12-15)19(23)24/h2-9,11-12H,1,10H2,(H,23,24)/p-1/b17-11+. The maximum Gasteiger partial charge on any atom is 0.270 e.